The number of nitrogens with one attached hydrogen (secondary N) is 1. The normalized spacial score (nSPS) is 11.4. The number of hydrogen-bond donors (Lipinski definition) is 2. The van der Waals surface area contributed by atoms with Gasteiger partial charge in [0.15, 0.2) is 0 Å². The SMILES string of the molecule is CCCOCCC(=O)Nc1ccc(C(F)(F)F)cc1N. The molecule has 1 aromatic rings. The minimum absolute atomic E-state index is 0.123. The largest absolute Gasteiger partial charge is 0.416 e. The number of hydrogen-bond acceptors (Lipinski definition) is 3. The monoisotopic (exact) mass is 290 g/mol. The predicted molar refractivity (Wildman–Crippen MR) is 70.2 cm³/mol. The highest BCUT2D eigenvalue weighted by Gasteiger charge is 2.30. The zero-order valence-corrected chi connectivity index (χ0v) is 11.1. The third-order valence-electron chi connectivity index (χ3n) is 2.47. The summed E-state index contributed by atoms with van der Waals surface area (Å²) in [4.78, 5) is 11.5. The van der Waals surface area contributed by atoms with Crippen molar-refractivity contribution in [3.05, 3.63) is 23.8 Å². The van der Waals surface area contributed by atoms with Gasteiger partial charge in [-0.25, -0.2) is 0 Å². The summed E-state index contributed by atoms with van der Waals surface area (Å²) in [5, 5.41) is 2.45. The topological polar surface area (TPSA) is 64.3 Å². The van der Waals surface area contributed by atoms with Crippen molar-refractivity contribution in [3.8, 4) is 0 Å². The zero-order valence-electron chi connectivity index (χ0n) is 11.1. The molecule has 0 bridgehead atoms. The first-order chi connectivity index (χ1) is 9.34. The Hall–Kier alpha value is -1.76. The van der Waals surface area contributed by atoms with Crippen molar-refractivity contribution < 1.29 is 22.7 Å². The molecule has 0 aliphatic rings. The van der Waals surface area contributed by atoms with Crippen LogP contribution < -0.4 is 11.1 Å². The minimum atomic E-state index is -4.45. The van der Waals surface area contributed by atoms with E-state index in [0.29, 0.717) is 6.61 Å². The third-order valence-corrected chi connectivity index (χ3v) is 2.47. The fourth-order valence-corrected chi connectivity index (χ4v) is 1.48. The second-order valence-corrected chi connectivity index (χ2v) is 4.21. The lowest BCUT2D eigenvalue weighted by molar-refractivity contribution is -0.137. The van der Waals surface area contributed by atoms with Crippen LogP contribution in [0, 0.1) is 0 Å². The summed E-state index contributed by atoms with van der Waals surface area (Å²) in [6, 6.07) is 2.81. The maximum Gasteiger partial charge on any atom is 0.416 e. The zero-order chi connectivity index (χ0) is 15.2. The Labute approximate surface area is 115 Å². The summed E-state index contributed by atoms with van der Waals surface area (Å²) in [5.74, 6) is -0.354. The van der Waals surface area contributed by atoms with Crippen molar-refractivity contribution in [2.75, 3.05) is 24.3 Å². The molecule has 0 radical (unpaired) electrons. The number of nitrogens with two attached hydrogens (primary N) is 1. The number of rotatable bonds is 6. The highest BCUT2D eigenvalue weighted by molar-refractivity contribution is 5.93. The molecule has 0 atom stereocenters. The molecule has 0 saturated heterocycles. The minimum Gasteiger partial charge on any atom is -0.397 e. The smallest absolute Gasteiger partial charge is 0.397 e. The number of carbonyl (C=O) groups excluding carboxylic acids is 1. The highest BCUT2D eigenvalue weighted by atomic mass is 19.4. The van der Waals surface area contributed by atoms with Gasteiger partial charge < -0.3 is 15.8 Å². The Balaban J connectivity index is 2.58. The molecular formula is C13H17F3N2O2. The quantitative estimate of drug-likeness (QED) is 0.625. The summed E-state index contributed by atoms with van der Waals surface area (Å²) in [7, 11) is 0. The van der Waals surface area contributed by atoms with Gasteiger partial charge in [0.1, 0.15) is 0 Å². The number of benzene rings is 1. The lowest BCUT2D eigenvalue weighted by Gasteiger charge is -2.12. The van der Waals surface area contributed by atoms with E-state index in [9.17, 15) is 18.0 Å². The van der Waals surface area contributed by atoms with Crippen molar-refractivity contribution in [2.24, 2.45) is 0 Å². The molecule has 0 spiro atoms. The standard InChI is InChI=1S/C13H17F3N2O2/c1-2-6-20-7-5-12(19)18-11-4-3-9(8-10(11)17)13(14,15)16/h3-4,8H,2,5-7,17H2,1H3,(H,18,19). The molecule has 0 saturated carbocycles. The molecule has 7 heteroatoms. The molecule has 112 valence electrons. The van der Waals surface area contributed by atoms with Crippen LogP contribution in [-0.2, 0) is 15.7 Å². The van der Waals surface area contributed by atoms with Gasteiger partial charge in [0, 0.05) is 6.61 Å². The van der Waals surface area contributed by atoms with Crippen LogP contribution in [0.3, 0.4) is 0 Å². The first-order valence-corrected chi connectivity index (χ1v) is 6.19. The molecule has 0 fully saturated rings. The van der Waals surface area contributed by atoms with Crippen LogP contribution in [0.2, 0.25) is 0 Å². The molecule has 0 aliphatic carbocycles. The average molecular weight is 290 g/mol. The number of alkyl halides is 3. The fourth-order valence-electron chi connectivity index (χ4n) is 1.48. The van der Waals surface area contributed by atoms with Crippen molar-refractivity contribution in [2.45, 2.75) is 25.9 Å². The second kappa shape index (κ2) is 7.14. The summed E-state index contributed by atoms with van der Waals surface area (Å²) in [5.41, 5.74) is 4.69. The van der Waals surface area contributed by atoms with E-state index in [1.807, 2.05) is 6.92 Å². The molecule has 20 heavy (non-hydrogen) atoms. The highest BCUT2D eigenvalue weighted by Crippen LogP contribution is 2.32. The van der Waals surface area contributed by atoms with E-state index in [2.05, 4.69) is 5.32 Å². The molecule has 4 nitrogen and oxygen atoms in total. The number of ether oxygens (including phenoxy) is 1. The van der Waals surface area contributed by atoms with Gasteiger partial charge in [0.2, 0.25) is 5.91 Å². The Morgan fingerprint density at radius 1 is 1.35 bits per heavy atom. The van der Waals surface area contributed by atoms with E-state index in [-0.39, 0.29) is 30.3 Å². The summed E-state index contributed by atoms with van der Waals surface area (Å²) in [6.45, 7) is 2.78. The van der Waals surface area contributed by atoms with Crippen LogP contribution in [-0.4, -0.2) is 19.1 Å². The summed E-state index contributed by atoms with van der Waals surface area (Å²) < 4.78 is 42.5. The lowest BCUT2D eigenvalue weighted by Crippen LogP contribution is -2.16. The summed E-state index contributed by atoms with van der Waals surface area (Å²) >= 11 is 0. The Morgan fingerprint density at radius 3 is 2.60 bits per heavy atom. The third kappa shape index (κ3) is 5.08. The fraction of sp³-hybridized carbons (Fsp3) is 0.462. The van der Waals surface area contributed by atoms with E-state index >= 15 is 0 Å². The van der Waals surface area contributed by atoms with Gasteiger partial charge in [-0.15, -0.1) is 0 Å². The van der Waals surface area contributed by atoms with E-state index < -0.39 is 11.7 Å². The second-order valence-electron chi connectivity index (χ2n) is 4.21. The molecule has 1 amide bonds. The van der Waals surface area contributed by atoms with Gasteiger partial charge >= 0.3 is 6.18 Å². The molecule has 0 unspecified atom stereocenters. The van der Waals surface area contributed by atoms with E-state index in [4.69, 9.17) is 10.5 Å². The predicted octanol–water partition coefficient (Wildman–Crippen LogP) is 3.04. The summed E-state index contributed by atoms with van der Waals surface area (Å²) in [6.07, 6.45) is -3.47. The van der Waals surface area contributed by atoms with Gasteiger partial charge in [0.05, 0.1) is 30.0 Å². The molecular weight excluding hydrogens is 273 g/mol. The molecule has 0 heterocycles. The van der Waals surface area contributed by atoms with Crippen LogP contribution in [0.1, 0.15) is 25.3 Å². The van der Waals surface area contributed by atoms with E-state index in [1.165, 1.54) is 0 Å². The average Bonchev–Trinajstić information content (AvgIpc) is 2.36. The van der Waals surface area contributed by atoms with Gasteiger partial charge in [-0.2, -0.15) is 13.2 Å². The van der Waals surface area contributed by atoms with Gasteiger partial charge in [-0.1, -0.05) is 6.92 Å². The number of amides is 1. The van der Waals surface area contributed by atoms with Crippen molar-refractivity contribution >= 4 is 17.3 Å². The van der Waals surface area contributed by atoms with Crippen molar-refractivity contribution in [1.29, 1.82) is 0 Å². The molecule has 1 aromatic carbocycles. The Bertz CT molecular complexity index is 461. The molecule has 3 N–H and O–H groups in total. The molecule has 1 rings (SSSR count). The lowest BCUT2D eigenvalue weighted by atomic mass is 10.1. The first kappa shape index (κ1) is 16.3. The number of nitrogen functional groups attached to an aromatic ring is 1. The Morgan fingerprint density at radius 2 is 2.05 bits per heavy atom. The van der Waals surface area contributed by atoms with Gasteiger partial charge in [-0.05, 0) is 24.6 Å². The van der Waals surface area contributed by atoms with E-state index in [0.717, 1.165) is 24.6 Å². The molecule has 0 aromatic heterocycles. The number of halogens is 3. The van der Waals surface area contributed by atoms with Crippen LogP contribution in [0.5, 0.6) is 0 Å². The van der Waals surface area contributed by atoms with Crippen LogP contribution in [0.4, 0.5) is 24.5 Å². The Kier molecular flexibility index (Phi) is 5.82. The van der Waals surface area contributed by atoms with E-state index in [1.54, 1.807) is 0 Å². The van der Waals surface area contributed by atoms with Crippen molar-refractivity contribution in [1.82, 2.24) is 0 Å². The van der Waals surface area contributed by atoms with Gasteiger partial charge in [0.25, 0.3) is 0 Å². The van der Waals surface area contributed by atoms with Crippen LogP contribution in [0.25, 0.3) is 0 Å². The van der Waals surface area contributed by atoms with Crippen molar-refractivity contribution in [3.63, 3.8) is 0 Å². The van der Waals surface area contributed by atoms with Gasteiger partial charge in [-0.3, -0.25) is 4.79 Å². The van der Waals surface area contributed by atoms with Crippen LogP contribution in [0.15, 0.2) is 18.2 Å². The maximum atomic E-state index is 12.4. The number of anilines is 2. The number of carbonyl (C=O) groups is 1. The molecule has 0 aliphatic heterocycles. The maximum absolute atomic E-state index is 12.4. The van der Waals surface area contributed by atoms with Crippen LogP contribution >= 0.6 is 0 Å². The first-order valence-electron chi connectivity index (χ1n) is 6.19.